The van der Waals surface area contributed by atoms with Crippen molar-refractivity contribution in [2.75, 3.05) is 52.8 Å². The lowest BCUT2D eigenvalue weighted by Gasteiger charge is -2.24. The fourth-order valence-electron chi connectivity index (χ4n) is 2.77. The predicted octanol–water partition coefficient (Wildman–Crippen LogP) is 2.73. The highest BCUT2D eigenvalue weighted by molar-refractivity contribution is 14.0. The molecule has 0 aromatic heterocycles. The van der Waals surface area contributed by atoms with Crippen LogP contribution in [-0.4, -0.2) is 70.4 Å². The van der Waals surface area contributed by atoms with Crippen LogP contribution in [0.15, 0.2) is 23.2 Å². The fourth-order valence-corrected chi connectivity index (χ4v) is 2.77. The van der Waals surface area contributed by atoms with Crippen molar-refractivity contribution in [1.29, 1.82) is 0 Å². The second-order valence-electron chi connectivity index (χ2n) is 6.75. The summed E-state index contributed by atoms with van der Waals surface area (Å²) in [5, 5.41) is 6.52. The van der Waals surface area contributed by atoms with Crippen LogP contribution in [0, 0.1) is 0 Å². The monoisotopic (exact) mass is 520 g/mol. The van der Waals surface area contributed by atoms with Gasteiger partial charge in [-0.15, -0.1) is 24.0 Å². The van der Waals surface area contributed by atoms with Crippen LogP contribution in [-0.2, 0) is 9.53 Å². The van der Waals surface area contributed by atoms with Gasteiger partial charge in [-0.25, -0.2) is 4.99 Å². The van der Waals surface area contributed by atoms with Crippen molar-refractivity contribution in [3.8, 4) is 11.5 Å². The minimum Gasteiger partial charge on any atom is -0.493 e. The molecule has 2 N–H and O–H groups in total. The maximum absolute atomic E-state index is 11.9. The highest BCUT2D eigenvalue weighted by Gasteiger charge is 2.15. The third-order valence-corrected chi connectivity index (χ3v) is 4.37. The summed E-state index contributed by atoms with van der Waals surface area (Å²) in [6.45, 7) is 3.95. The number of methoxy groups -OCH3 is 1. The molecule has 1 fully saturated rings. The van der Waals surface area contributed by atoms with Gasteiger partial charge in [0.1, 0.15) is 6.54 Å². The fraction of sp³-hybridized carbons (Fsp3) is 0.600. The van der Waals surface area contributed by atoms with Gasteiger partial charge >= 0.3 is 0 Å². The van der Waals surface area contributed by atoms with E-state index in [0.717, 1.165) is 25.1 Å². The molecule has 8 nitrogen and oxygen atoms in total. The zero-order chi connectivity index (χ0) is 20.4. The molecule has 1 aromatic carbocycles. The number of amides is 1. The Bertz CT molecular complexity index is 664. The van der Waals surface area contributed by atoms with Gasteiger partial charge in [-0.05, 0) is 38.3 Å². The number of hydrogen-bond acceptors (Lipinski definition) is 5. The summed E-state index contributed by atoms with van der Waals surface area (Å²) < 4.78 is 16.7. The van der Waals surface area contributed by atoms with Gasteiger partial charge in [0.25, 0.3) is 0 Å². The summed E-state index contributed by atoms with van der Waals surface area (Å²) in [6.07, 6.45) is 3.45. The second-order valence-corrected chi connectivity index (χ2v) is 6.75. The first-order chi connectivity index (χ1) is 13.5. The molecule has 0 saturated carbocycles. The Morgan fingerprint density at radius 2 is 2.10 bits per heavy atom. The van der Waals surface area contributed by atoms with Crippen molar-refractivity contribution >= 4 is 41.5 Å². The summed E-state index contributed by atoms with van der Waals surface area (Å²) in [4.78, 5) is 17.9. The van der Waals surface area contributed by atoms with Crippen molar-refractivity contribution in [3.63, 3.8) is 0 Å². The van der Waals surface area contributed by atoms with Crippen molar-refractivity contribution in [2.45, 2.75) is 32.3 Å². The maximum atomic E-state index is 11.9. The van der Waals surface area contributed by atoms with E-state index in [1.807, 2.05) is 25.1 Å². The van der Waals surface area contributed by atoms with Crippen LogP contribution < -0.4 is 20.1 Å². The van der Waals surface area contributed by atoms with E-state index in [4.69, 9.17) is 14.2 Å². The third kappa shape index (κ3) is 8.65. The molecule has 1 atom stereocenters. The van der Waals surface area contributed by atoms with E-state index in [0.29, 0.717) is 30.6 Å². The number of ether oxygens (including phenoxy) is 3. The van der Waals surface area contributed by atoms with Gasteiger partial charge in [-0.2, -0.15) is 0 Å². The second kappa shape index (κ2) is 13.5. The van der Waals surface area contributed by atoms with Crippen molar-refractivity contribution in [2.24, 2.45) is 4.99 Å². The molecule has 1 aliphatic heterocycles. The van der Waals surface area contributed by atoms with E-state index in [2.05, 4.69) is 15.6 Å². The molecule has 1 saturated heterocycles. The summed E-state index contributed by atoms with van der Waals surface area (Å²) in [5.74, 6) is 1.77. The lowest BCUT2D eigenvalue weighted by atomic mass is 10.1. The summed E-state index contributed by atoms with van der Waals surface area (Å²) in [7, 11) is 5.04. The number of likely N-dealkylation sites (N-methyl/N-ethyl adjacent to an activating group) is 1. The van der Waals surface area contributed by atoms with Gasteiger partial charge in [0.05, 0.1) is 19.8 Å². The molecule has 164 valence electrons. The molecule has 0 radical (unpaired) electrons. The Morgan fingerprint density at radius 3 is 2.72 bits per heavy atom. The van der Waals surface area contributed by atoms with Crippen LogP contribution in [0.25, 0.3) is 0 Å². The number of benzene rings is 1. The Labute approximate surface area is 190 Å². The minimum absolute atomic E-state index is 0. The molecule has 1 unspecified atom stereocenters. The van der Waals surface area contributed by atoms with E-state index in [1.54, 1.807) is 21.2 Å². The van der Waals surface area contributed by atoms with E-state index >= 15 is 0 Å². The van der Waals surface area contributed by atoms with E-state index in [-0.39, 0.29) is 42.5 Å². The van der Waals surface area contributed by atoms with Crippen LogP contribution in [0.2, 0.25) is 0 Å². The topological polar surface area (TPSA) is 84.4 Å². The molecular formula is C20H33IN4O4. The molecule has 1 aromatic rings. The zero-order valence-corrected chi connectivity index (χ0v) is 20.0. The smallest absolute Gasteiger partial charge is 0.243 e. The number of aliphatic imine (C=N–C) groups is 1. The van der Waals surface area contributed by atoms with Crippen molar-refractivity contribution < 1.29 is 19.0 Å². The number of carbonyl (C=O) groups excluding carboxylic acids is 1. The lowest BCUT2D eigenvalue weighted by Crippen LogP contribution is -2.39. The van der Waals surface area contributed by atoms with Crippen LogP contribution in [0.5, 0.6) is 11.5 Å². The maximum Gasteiger partial charge on any atom is 0.243 e. The quantitative estimate of drug-likeness (QED) is 0.312. The normalized spacial score (nSPS) is 16.4. The molecule has 1 aliphatic rings. The summed E-state index contributed by atoms with van der Waals surface area (Å²) >= 11 is 0. The van der Waals surface area contributed by atoms with E-state index in [9.17, 15) is 4.79 Å². The first kappa shape index (κ1) is 25.3. The van der Waals surface area contributed by atoms with Crippen LogP contribution in [0.4, 0.5) is 5.69 Å². The predicted molar refractivity (Wildman–Crippen MR) is 126 cm³/mol. The number of anilines is 1. The molecule has 0 aliphatic carbocycles. The first-order valence-electron chi connectivity index (χ1n) is 9.71. The van der Waals surface area contributed by atoms with Gasteiger partial charge in [-0.1, -0.05) is 0 Å². The van der Waals surface area contributed by atoms with Crippen molar-refractivity contribution in [1.82, 2.24) is 10.2 Å². The van der Waals surface area contributed by atoms with Crippen LogP contribution in [0.1, 0.15) is 26.2 Å². The number of rotatable bonds is 8. The number of nitrogens with zero attached hydrogens (tertiary/aromatic N) is 2. The SMILES string of the molecule is CCOc1cc(NC(=NCC(=O)N(C)C)NCC2CCCCO2)ccc1OC.I. The minimum atomic E-state index is -0.0697. The molecule has 0 bridgehead atoms. The molecule has 2 rings (SSSR count). The van der Waals surface area contributed by atoms with Crippen molar-refractivity contribution in [3.05, 3.63) is 18.2 Å². The van der Waals surface area contributed by atoms with Crippen LogP contribution >= 0.6 is 24.0 Å². The number of guanidine groups is 1. The number of carbonyl (C=O) groups is 1. The van der Waals surface area contributed by atoms with Gasteiger partial charge in [0.15, 0.2) is 17.5 Å². The molecule has 1 heterocycles. The molecular weight excluding hydrogens is 487 g/mol. The Kier molecular flexibility index (Phi) is 11.7. The average Bonchev–Trinajstić information content (AvgIpc) is 2.71. The molecule has 1 amide bonds. The zero-order valence-electron chi connectivity index (χ0n) is 17.7. The van der Waals surface area contributed by atoms with Gasteiger partial charge < -0.3 is 29.7 Å². The molecule has 29 heavy (non-hydrogen) atoms. The lowest BCUT2D eigenvalue weighted by molar-refractivity contribution is -0.127. The highest BCUT2D eigenvalue weighted by atomic mass is 127. The number of nitrogens with one attached hydrogen (secondary N) is 2. The van der Waals surface area contributed by atoms with Gasteiger partial charge in [-0.3, -0.25) is 4.79 Å². The van der Waals surface area contributed by atoms with Crippen LogP contribution in [0.3, 0.4) is 0 Å². The standard InChI is InChI=1S/C20H32N4O4.HI/c1-5-27-18-12-15(9-10-17(18)26-4)23-20(22-14-19(25)24(2)3)21-13-16-8-6-7-11-28-16;/h9-10,12,16H,5-8,11,13-14H2,1-4H3,(H2,21,22,23);1H. The van der Waals surface area contributed by atoms with E-state index in [1.165, 1.54) is 11.3 Å². The molecule has 9 heteroatoms. The Hall–Kier alpha value is -1.75. The van der Waals surface area contributed by atoms with Gasteiger partial charge in [0.2, 0.25) is 5.91 Å². The Balaban J connectivity index is 0.00000420. The average molecular weight is 520 g/mol. The number of halogens is 1. The summed E-state index contributed by atoms with van der Waals surface area (Å²) in [5.41, 5.74) is 0.789. The van der Waals surface area contributed by atoms with Gasteiger partial charge in [0, 0.05) is 39.0 Å². The van der Waals surface area contributed by atoms with E-state index < -0.39 is 0 Å². The summed E-state index contributed by atoms with van der Waals surface area (Å²) in [6, 6.07) is 5.56. The number of hydrogen-bond donors (Lipinski definition) is 2. The first-order valence-corrected chi connectivity index (χ1v) is 9.71. The molecule has 0 spiro atoms. The Morgan fingerprint density at radius 1 is 1.31 bits per heavy atom. The largest absolute Gasteiger partial charge is 0.493 e. The highest BCUT2D eigenvalue weighted by Crippen LogP contribution is 2.30. The third-order valence-electron chi connectivity index (χ3n) is 4.37.